The van der Waals surface area contributed by atoms with E-state index in [1.807, 2.05) is 18.2 Å². The number of benzene rings is 2. The maximum absolute atomic E-state index is 13.9. The summed E-state index contributed by atoms with van der Waals surface area (Å²) in [6, 6.07) is 12.8. The van der Waals surface area contributed by atoms with Crippen LogP contribution in [0.1, 0.15) is 5.56 Å². The number of anilines is 1. The number of hydrogen-bond donors (Lipinski definition) is 0. The number of carbonyl (C=O) groups excluding carboxylic acids is 1. The predicted octanol–water partition coefficient (Wildman–Crippen LogP) is 2.62. The van der Waals surface area contributed by atoms with Crippen LogP contribution in [0.3, 0.4) is 0 Å². The molecule has 1 aliphatic rings. The molecule has 0 bridgehead atoms. The van der Waals surface area contributed by atoms with Gasteiger partial charge in [-0.3, -0.25) is 9.69 Å². The number of ether oxygens (including phenoxy) is 2. The Labute approximate surface area is 171 Å². The van der Waals surface area contributed by atoms with Gasteiger partial charge in [0.2, 0.25) is 5.91 Å². The summed E-state index contributed by atoms with van der Waals surface area (Å²) in [4.78, 5) is 18.7. The van der Waals surface area contributed by atoms with Crippen molar-refractivity contribution in [3.8, 4) is 11.5 Å². The van der Waals surface area contributed by atoms with Gasteiger partial charge in [-0.05, 0) is 29.8 Å². The molecule has 1 aliphatic heterocycles. The van der Waals surface area contributed by atoms with Crippen LogP contribution in [0.2, 0.25) is 0 Å². The van der Waals surface area contributed by atoms with Crippen LogP contribution in [0.25, 0.3) is 0 Å². The average Bonchev–Trinajstić information content (AvgIpc) is 2.74. The Balaban J connectivity index is 1.51. The van der Waals surface area contributed by atoms with E-state index in [9.17, 15) is 9.18 Å². The van der Waals surface area contributed by atoms with E-state index in [1.165, 1.54) is 13.2 Å². The molecular formula is C22H28FN3O3. The first-order valence-corrected chi connectivity index (χ1v) is 9.68. The second-order valence-corrected chi connectivity index (χ2v) is 7.15. The smallest absolute Gasteiger partial charge is 0.236 e. The molecule has 1 heterocycles. The van der Waals surface area contributed by atoms with Crippen molar-refractivity contribution in [2.75, 3.05) is 58.9 Å². The standard InChI is InChI=1S/C22H28FN3O3/c1-24(15-17-8-9-20(28-2)18(23)14-17)22(27)16-25-10-12-26(13-11-25)19-6-4-5-7-21(19)29-3/h4-9,14H,10-13,15-16H2,1-3H3. The fourth-order valence-corrected chi connectivity index (χ4v) is 3.52. The number of carbonyl (C=O) groups is 1. The Morgan fingerprint density at radius 2 is 1.72 bits per heavy atom. The summed E-state index contributed by atoms with van der Waals surface area (Å²) in [5.41, 5.74) is 1.82. The lowest BCUT2D eigenvalue weighted by Gasteiger charge is -2.36. The first-order valence-electron chi connectivity index (χ1n) is 9.68. The van der Waals surface area contributed by atoms with Gasteiger partial charge in [-0.2, -0.15) is 0 Å². The number of hydrogen-bond acceptors (Lipinski definition) is 5. The Hall–Kier alpha value is -2.80. The van der Waals surface area contributed by atoms with E-state index >= 15 is 0 Å². The second kappa shape index (κ2) is 9.60. The van der Waals surface area contributed by atoms with Gasteiger partial charge >= 0.3 is 0 Å². The molecule has 0 atom stereocenters. The summed E-state index contributed by atoms with van der Waals surface area (Å²) in [6.45, 7) is 3.99. The van der Waals surface area contributed by atoms with E-state index in [1.54, 1.807) is 31.2 Å². The number of nitrogens with zero attached hydrogens (tertiary/aromatic N) is 3. The van der Waals surface area contributed by atoms with Gasteiger partial charge in [-0.15, -0.1) is 0 Å². The number of rotatable bonds is 7. The average molecular weight is 401 g/mol. The van der Waals surface area contributed by atoms with Crippen molar-refractivity contribution >= 4 is 11.6 Å². The van der Waals surface area contributed by atoms with Crippen LogP contribution >= 0.6 is 0 Å². The third kappa shape index (κ3) is 5.17. The highest BCUT2D eigenvalue weighted by Gasteiger charge is 2.22. The molecular weight excluding hydrogens is 373 g/mol. The Morgan fingerprint density at radius 1 is 1.03 bits per heavy atom. The molecule has 0 aliphatic carbocycles. The summed E-state index contributed by atoms with van der Waals surface area (Å²) in [6.07, 6.45) is 0. The Morgan fingerprint density at radius 3 is 2.38 bits per heavy atom. The van der Waals surface area contributed by atoms with Crippen LogP contribution < -0.4 is 14.4 Å². The van der Waals surface area contributed by atoms with Gasteiger partial charge in [0.25, 0.3) is 0 Å². The first-order chi connectivity index (χ1) is 14.0. The Kier molecular flexibility index (Phi) is 6.93. The lowest BCUT2D eigenvalue weighted by Crippen LogP contribution is -2.49. The van der Waals surface area contributed by atoms with Crippen LogP contribution in [0, 0.1) is 5.82 Å². The zero-order valence-corrected chi connectivity index (χ0v) is 17.2. The van der Waals surface area contributed by atoms with Crippen molar-refractivity contribution in [2.24, 2.45) is 0 Å². The number of halogens is 1. The molecule has 2 aromatic carbocycles. The van der Waals surface area contributed by atoms with Gasteiger partial charge in [-0.1, -0.05) is 18.2 Å². The van der Waals surface area contributed by atoms with Crippen LogP contribution in [0.5, 0.6) is 11.5 Å². The minimum absolute atomic E-state index is 0.0203. The van der Waals surface area contributed by atoms with Crippen molar-refractivity contribution in [3.63, 3.8) is 0 Å². The molecule has 0 radical (unpaired) electrons. The SMILES string of the molecule is COc1ccc(CN(C)C(=O)CN2CCN(c3ccccc3OC)CC2)cc1F. The fraction of sp³-hybridized carbons (Fsp3) is 0.409. The molecule has 0 N–H and O–H groups in total. The molecule has 156 valence electrons. The number of amides is 1. The minimum Gasteiger partial charge on any atom is -0.495 e. The van der Waals surface area contributed by atoms with Crippen LogP contribution in [0.4, 0.5) is 10.1 Å². The first kappa shape index (κ1) is 20.9. The normalized spacial score (nSPS) is 14.6. The molecule has 0 aromatic heterocycles. The molecule has 29 heavy (non-hydrogen) atoms. The highest BCUT2D eigenvalue weighted by Crippen LogP contribution is 2.28. The molecule has 1 saturated heterocycles. The molecule has 6 nitrogen and oxygen atoms in total. The second-order valence-electron chi connectivity index (χ2n) is 7.15. The van der Waals surface area contributed by atoms with Gasteiger partial charge in [0.05, 0.1) is 26.5 Å². The molecule has 0 spiro atoms. The Bertz CT molecular complexity index is 838. The van der Waals surface area contributed by atoms with Gasteiger partial charge < -0.3 is 19.3 Å². The largest absolute Gasteiger partial charge is 0.495 e. The van der Waals surface area contributed by atoms with Gasteiger partial charge in [0, 0.05) is 39.8 Å². The van der Waals surface area contributed by atoms with Crippen LogP contribution in [-0.4, -0.2) is 69.7 Å². The predicted molar refractivity (Wildman–Crippen MR) is 111 cm³/mol. The van der Waals surface area contributed by atoms with E-state index in [0.717, 1.165) is 43.2 Å². The van der Waals surface area contributed by atoms with E-state index in [4.69, 9.17) is 9.47 Å². The van der Waals surface area contributed by atoms with Crippen molar-refractivity contribution in [2.45, 2.75) is 6.54 Å². The van der Waals surface area contributed by atoms with Gasteiger partial charge in [0.15, 0.2) is 11.6 Å². The van der Waals surface area contributed by atoms with Crippen LogP contribution in [0.15, 0.2) is 42.5 Å². The molecule has 2 aromatic rings. The number of piperazine rings is 1. The molecule has 3 rings (SSSR count). The van der Waals surface area contributed by atoms with Crippen molar-refractivity contribution in [3.05, 3.63) is 53.8 Å². The summed E-state index contributed by atoms with van der Waals surface area (Å²) in [7, 11) is 4.86. The summed E-state index contributed by atoms with van der Waals surface area (Å²) in [5.74, 6) is 0.671. The van der Waals surface area contributed by atoms with Gasteiger partial charge in [-0.25, -0.2) is 4.39 Å². The summed E-state index contributed by atoms with van der Waals surface area (Å²) in [5, 5.41) is 0. The zero-order chi connectivity index (χ0) is 20.8. The van der Waals surface area contributed by atoms with Crippen molar-refractivity contribution in [1.82, 2.24) is 9.80 Å². The topological polar surface area (TPSA) is 45.2 Å². The summed E-state index contributed by atoms with van der Waals surface area (Å²) >= 11 is 0. The van der Waals surface area contributed by atoms with Gasteiger partial charge in [0.1, 0.15) is 5.75 Å². The molecule has 0 unspecified atom stereocenters. The molecule has 1 amide bonds. The lowest BCUT2D eigenvalue weighted by molar-refractivity contribution is -0.131. The third-order valence-corrected chi connectivity index (χ3v) is 5.22. The number of likely N-dealkylation sites (N-methyl/N-ethyl adjacent to an activating group) is 1. The highest BCUT2D eigenvalue weighted by atomic mass is 19.1. The molecule has 1 fully saturated rings. The maximum atomic E-state index is 13.9. The van der Waals surface area contributed by atoms with Crippen molar-refractivity contribution in [1.29, 1.82) is 0 Å². The van der Waals surface area contributed by atoms with Crippen LogP contribution in [-0.2, 0) is 11.3 Å². The quantitative estimate of drug-likeness (QED) is 0.714. The number of para-hydroxylation sites is 2. The zero-order valence-electron chi connectivity index (χ0n) is 17.2. The maximum Gasteiger partial charge on any atom is 0.236 e. The third-order valence-electron chi connectivity index (χ3n) is 5.22. The van der Waals surface area contributed by atoms with Crippen molar-refractivity contribution < 1.29 is 18.7 Å². The summed E-state index contributed by atoms with van der Waals surface area (Å²) < 4.78 is 24.2. The number of methoxy groups -OCH3 is 2. The van der Waals surface area contributed by atoms with E-state index in [0.29, 0.717) is 13.1 Å². The highest BCUT2D eigenvalue weighted by molar-refractivity contribution is 5.78. The van der Waals surface area contributed by atoms with E-state index in [2.05, 4.69) is 15.9 Å². The molecule has 0 saturated carbocycles. The lowest BCUT2D eigenvalue weighted by atomic mass is 10.2. The monoisotopic (exact) mass is 401 g/mol. The van der Waals surface area contributed by atoms with E-state index in [-0.39, 0.29) is 11.7 Å². The molecule has 7 heteroatoms. The van der Waals surface area contributed by atoms with E-state index < -0.39 is 5.82 Å². The fourth-order valence-electron chi connectivity index (χ4n) is 3.52. The minimum atomic E-state index is -0.418.